The van der Waals surface area contributed by atoms with Gasteiger partial charge in [0.2, 0.25) is 0 Å². The van der Waals surface area contributed by atoms with Gasteiger partial charge in [-0.3, -0.25) is 14.5 Å². The number of phenolic OH excluding ortho intramolecular Hbond substituents is 1. The number of aromatic hydroxyl groups is 1. The van der Waals surface area contributed by atoms with Crippen LogP contribution in [0.2, 0.25) is 5.02 Å². The highest BCUT2D eigenvalue weighted by atomic mass is 35.5. The minimum Gasteiger partial charge on any atom is -0.503 e. The van der Waals surface area contributed by atoms with Crippen molar-refractivity contribution in [3.63, 3.8) is 0 Å². The van der Waals surface area contributed by atoms with Crippen LogP contribution in [0.1, 0.15) is 23.9 Å². The maximum atomic E-state index is 13.8. The lowest BCUT2D eigenvalue weighted by atomic mass is 9.64. The van der Waals surface area contributed by atoms with E-state index in [-0.39, 0.29) is 29.5 Å². The lowest BCUT2D eigenvalue weighted by Crippen LogP contribution is -2.59. The van der Waals surface area contributed by atoms with Crippen LogP contribution in [0.5, 0.6) is 11.5 Å². The van der Waals surface area contributed by atoms with Gasteiger partial charge in [-0.05, 0) is 35.4 Å². The summed E-state index contributed by atoms with van der Waals surface area (Å²) in [5.74, 6) is -2.80. The molecular weight excluding hydrogens is 571 g/mol. The third kappa shape index (κ3) is 3.16. The van der Waals surface area contributed by atoms with Gasteiger partial charge >= 0.3 is 11.4 Å². The monoisotopic (exact) mass is 590 g/mol. The molecule has 3 aliphatic rings. The lowest BCUT2D eigenvalue weighted by Gasteiger charge is -2.49. The van der Waals surface area contributed by atoms with Crippen molar-refractivity contribution in [2.45, 2.75) is 34.7 Å². The first-order valence-corrected chi connectivity index (χ1v) is 13.1. The number of phenols is 1. The molecule has 3 aromatic rings. The summed E-state index contributed by atoms with van der Waals surface area (Å²) in [6.07, 6.45) is 1.49. The van der Waals surface area contributed by atoms with Crippen LogP contribution in [0.3, 0.4) is 0 Å². The molecule has 3 heterocycles. The maximum absolute atomic E-state index is 13.8. The average molecular weight is 592 g/mol. The summed E-state index contributed by atoms with van der Waals surface area (Å²) in [4.78, 5) is 51.2. The van der Waals surface area contributed by atoms with Crippen LogP contribution in [0, 0.1) is 0 Å². The Hall–Kier alpha value is -3.47. The molecule has 1 saturated heterocycles. The smallest absolute Gasteiger partial charge is 0.352 e. The number of allylic oxidation sites excluding steroid dienone is 2. The predicted molar refractivity (Wildman–Crippen MR) is 143 cm³/mol. The standard InChI is InChI=1S/C26H21Cl3N4O6/c1-30-21(35)25(28)12-17-15(8-9-31-23(37)32(24(38)33(17)31)14-6-4-3-5-7-14)19(26(25,29)22(30)36)13-10-16(27)20(34)18(11-13)39-2/h3-8,10-11,17,19,34H,9,12H2,1-2H3/t17-,19+,25-,26+/m1/s1. The summed E-state index contributed by atoms with van der Waals surface area (Å²) in [7, 11) is 2.63. The molecule has 13 heteroatoms. The summed E-state index contributed by atoms with van der Waals surface area (Å²) in [5, 5.41) is 10.3. The number of imide groups is 1. The van der Waals surface area contributed by atoms with Gasteiger partial charge in [0.1, 0.15) is 0 Å². The van der Waals surface area contributed by atoms with E-state index < -0.39 is 44.9 Å². The number of ether oxygens (including phenoxy) is 1. The van der Waals surface area contributed by atoms with Crippen molar-refractivity contribution in [3.05, 3.63) is 85.7 Å². The van der Waals surface area contributed by atoms with Crippen LogP contribution in [0.4, 0.5) is 0 Å². The Balaban J connectivity index is 1.63. The third-order valence-electron chi connectivity index (χ3n) is 7.90. The molecule has 2 amide bonds. The minimum absolute atomic E-state index is 0.000574. The van der Waals surface area contributed by atoms with Gasteiger partial charge in [0, 0.05) is 19.4 Å². The first-order valence-electron chi connectivity index (χ1n) is 11.9. The highest BCUT2D eigenvalue weighted by molar-refractivity contribution is 6.53. The highest BCUT2D eigenvalue weighted by Crippen LogP contribution is 2.63. The van der Waals surface area contributed by atoms with Crippen LogP contribution >= 0.6 is 34.8 Å². The Morgan fingerprint density at radius 2 is 1.72 bits per heavy atom. The zero-order valence-electron chi connectivity index (χ0n) is 20.6. The average Bonchev–Trinajstić information content (AvgIpc) is 3.25. The fourth-order valence-corrected chi connectivity index (χ4v) is 7.31. The molecule has 0 spiro atoms. The van der Waals surface area contributed by atoms with E-state index in [4.69, 9.17) is 39.5 Å². The van der Waals surface area contributed by atoms with Crippen LogP contribution in [0.15, 0.2) is 63.7 Å². The number of fused-ring (bicyclic) bond motifs is 4. The van der Waals surface area contributed by atoms with Gasteiger partial charge < -0.3 is 9.84 Å². The molecule has 6 rings (SSSR count). The molecular formula is C26H21Cl3N4O6. The van der Waals surface area contributed by atoms with E-state index in [1.54, 1.807) is 36.4 Å². The van der Waals surface area contributed by atoms with Crippen LogP contribution in [-0.2, 0) is 16.1 Å². The van der Waals surface area contributed by atoms with Crippen molar-refractivity contribution in [1.82, 2.24) is 18.8 Å². The van der Waals surface area contributed by atoms with Gasteiger partial charge in [-0.2, -0.15) is 0 Å². The van der Waals surface area contributed by atoms with Crippen molar-refractivity contribution in [2.75, 3.05) is 14.2 Å². The largest absolute Gasteiger partial charge is 0.503 e. The Labute approximate surface area is 236 Å². The molecule has 1 saturated carbocycles. The van der Waals surface area contributed by atoms with Gasteiger partial charge in [-0.15, -0.1) is 23.2 Å². The molecule has 10 nitrogen and oxygen atoms in total. The van der Waals surface area contributed by atoms with Crippen molar-refractivity contribution >= 4 is 46.6 Å². The van der Waals surface area contributed by atoms with Gasteiger partial charge in [0.25, 0.3) is 11.8 Å². The molecule has 2 fully saturated rings. The summed E-state index contributed by atoms with van der Waals surface area (Å²) in [6, 6.07) is 10.4. The Kier molecular flexibility index (Phi) is 5.63. The summed E-state index contributed by atoms with van der Waals surface area (Å²) < 4.78 is 8.87. The molecule has 1 N–H and O–H groups in total. The number of para-hydroxylation sites is 1. The first-order chi connectivity index (χ1) is 18.5. The molecule has 39 heavy (non-hydrogen) atoms. The van der Waals surface area contributed by atoms with Crippen molar-refractivity contribution in [3.8, 4) is 17.2 Å². The van der Waals surface area contributed by atoms with Gasteiger partial charge in [-0.1, -0.05) is 35.9 Å². The van der Waals surface area contributed by atoms with E-state index in [0.29, 0.717) is 16.8 Å². The number of nitrogens with zero attached hydrogens (tertiary/aromatic N) is 4. The summed E-state index contributed by atoms with van der Waals surface area (Å²) >= 11 is 20.5. The summed E-state index contributed by atoms with van der Waals surface area (Å²) in [6.45, 7) is -0.000574. The van der Waals surface area contributed by atoms with Crippen molar-refractivity contribution < 1.29 is 19.4 Å². The number of hydrogen-bond donors (Lipinski definition) is 1. The van der Waals surface area contributed by atoms with Crippen molar-refractivity contribution in [2.24, 2.45) is 0 Å². The molecule has 1 aliphatic carbocycles. The highest BCUT2D eigenvalue weighted by Gasteiger charge is 2.74. The molecule has 4 atom stereocenters. The quantitative estimate of drug-likeness (QED) is 0.285. The summed E-state index contributed by atoms with van der Waals surface area (Å²) in [5.41, 5.74) is 0.0336. The van der Waals surface area contributed by atoms with E-state index in [0.717, 1.165) is 9.47 Å². The number of alkyl halides is 2. The van der Waals surface area contributed by atoms with Gasteiger partial charge in [-0.25, -0.2) is 23.5 Å². The zero-order chi connectivity index (χ0) is 28.0. The number of aromatic nitrogens is 3. The fraction of sp³-hybridized carbons (Fsp3) is 0.308. The van der Waals surface area contributed by atoms with E-state index >= 15 is 0 Å². The second-order valence-electron chi connectivity index (χ2n) is 9.76. The number of amides is 2. The molecule has 0 bridgehead atoms. The molecule has 202 valence electrons. The van der Waals surface area contributed by atoms with E-state index in [1.165, 1.54) is 35.7 Å². The molecule has 2 aromatic carbocycles. The zero-order valence-corrected chi connectivity index (χ0v) is 22.9. The maximum Gasteiger partial charge on any atom is 0.352 e. The number of halogens is 3. The first kappa shape index (κ1) is 25.8. The van der Waals surface area contributed by atoms with Gasteiger partial charge in [0.05, 0.1) is 30.4 Å². The number of hydrogen-bond acceptors (Lipinski definition) is 6. The SMILES string of the molecule is COc1cc([C@H]2C3=CCn4c(=O)n(-c5ccccc5)c(=O)n4[C@@H]3C[C@@]3(Cl)C(=O)N(C)C(=O)[C@@]23Cl)cc(Cl)c1O. The van der Waals surface area contributed by atoms with E-state index in [2.05, 4.69) is 0 Å². The Morgan fingerprint density at radius 1 is 1.03 bits per heavy atom. The van der Waals surface area contributed by atoms with E-state index in [1.807, 2.05) is 0 Å². The number of carbonyl (C=O) groups excluding carboxylic acids is 2. The number of likely N-dealkylation sites (tertiary alicyclic amines) is 1. The Bertz CT molecular complexity index is 1730. The second-order valence-corrected chi connectivity index (χ2v) is 11.4. The normalized spacial score (nSPS) is 27.6. The minimum atomic E-state index is -2.00. The molecule has 0 unspecified atom stereocenters. The van der Waals surface area contributed by atoms with Gasteiger partial charge in [0.15, 0.2) is 21.2 Å². The number of benzene rings is 2. The lowest BCUT2D eigenvalue weighted by molar-refractivity contribution is -0.137. The fourth-order valence-electron chi connectivity index (χ4n) is 6.09. The van der Waals surface area contributed by atoms with Crippen LogP contribution in [-0.4, -0.2) is 59.7 Å². The van der Waals surface area contributed by atoms with E-state index in [9.17, 15) is 24.3 Å². The van der Waals surface area contributed by atoms with Crippen molar-refractivity contribution in [1.29, 1.82) is 0 Å². The van der Waals surface area contributed by atoms with Crippen LogP contribution in [0.25, 0.3) is 5.69 Å². The molecule has 0 radical (unpaired) electrons. The topological polar surface area (TPSA) is 116 Å². The molecule has 2 aliphatic heterocycles. The predicted octanol–water partition coefficient (Wildman–Crippen LogP) is 2.79. The third-order valence-corrected chi connectivity index (χ3v) is 9.60. The Morgan fingerprint density at radius 3 is 2.38 bits per heavy atom. The number of methoxy groups -OCH3 is 1. The number of rotatable bonds is 3. The number of carbonyl (C=O) groups is 2. The van der Waals surface area contributed by atoms with Crippen LogP contribution < -0.4 is 16.1 Å². The molecule has 1 aromatic heterocycles. The second kappa shape index (κ2) is 8.51.